The van der Waals surface area contributed by atoms with E-state index in [1.165, 1.54) is 6.33 Å². The zero-order valence-corrected chi connectivity index (χ0v) is 13.9. The third-order valence-corrected chi connectivity index (χ3v) is 3.85. The summed E-state index contributed by atoms with van der Waals surface area (Å²) in [6.45, 7) is 7.70. The van der Waals surface area contributed by atoms with Gasteiger partial charge in [0.2, 0.25) is 5.88 Å². The Kier molecular flexibility index (Phi) is 4.99. The summed E-state index contributed by atoms with van der Waals surface area (Å²) in [5.74, 6) is 0.587. The van der Waals surface area contributed by atoms with Gasteiger partial charge in [0.15, 0.2) is 0 Å². The lowest BCUT2D eigenvalue weighted by molar-refractivity contribution is 0.230. The van der Waals surface area contributed by atoms with Crippen molar-refractivity contribution in [1.29, 1.82) is 5.26 Å². The molecule has 0 bridgehead atoms. The topological polar surface area (TPSA) is 58.8 Å². The van der Waals surface area contributed by atoms with Crippen LogP contribution in [-0.2, 0) is 6.42 Å². The highest BCUT2D eigenvalue weighted by atomic mass is 35.5. The van der Waals surface area contributed by atoms with Crippen molar-refractivity contribution in [1.82, 2.24) is 9.97 Å². The fraction of sp³-hybridized carbons (Fsp3) is 0.353. The first-order valence-corrected chi connectivity index (χ1v) is 7.47. The highest BCUT2D eigenvalue weighted by molar-refractivity contribution is 6.31. The van der Waals surface area contributed by atoms with Gasteiger partial charge in [0.1, 0.15) is 6.33 Å². The summed E-state index contributed by atoms with van der Waals surface area (Å²) in [6, 6.07) is 5.92. The molecular weight excluding hydrogens is 298 g/mol. The summed E-state index contributed by atoms with van der Waals surface area (Å²) in [5.41, 5.74) is 4.06. The fourth-order valence-corrected chi connectivity index (χ4v) is 2.37. The average molecular weight is 316 g/mol. The van der Waals surface area contributed by atoms with E-state index in [1.54, 1.807) is 0 Å². The Hall–Kier alpha value is -2.12. The van der Waals surface area contributed by atoms with E-state index in [0.29, 0.717) is 22.9 Å². The standard InChI is InChI=1S/C17H18ClN3O/c1-10(2)22-17-12(4)16(20-9-21-17)7-13-5-6-15(18)11(3)14(13)8-19/h5-6,9-10H,7H2,1-4H3. The largest absolute Gasteiger partial charge is 0.475 e. The van der Waals surface area contributed by atoms with Crippen molar-refractivity contribution in [3.8, 4) is 11.9 Å². The van der Waals surface area contributed by atoms with Crippen molar-refractivity contribution < 1.29 is 4.74 Å². The number of aromatic nitrogens is 2. The van der Waals surface area contributed by atoms with E-state index in [0.717, 1.165) is 22.4 Å². The lowest BCUT2D eigenvalue weighted by atomic mass is 9.98. The number of nitrogens with zero attached hydrogens (tertiary/aromatic N) is 3. The third kappa shape index (κ3) is 3.37. The molecule has 22 heavy (non-hydrogen) atoms. The minimum atomic E-state index is 0.0499. The predicted octanol–water partition coefficient (Wildman–Crippen LogP) is 4.00. The maximum absolute atomic E-state index is 9.38. The van der Waals surface area contributed by atoms with Crippen molar-refractivity contribution in [3.63, 3.8) is 0 Å². The third-order valence-electron chi connectivity index (χ3n) is 3.44. The Balaban J connectivity index is 2.40. The maximum atomic E-state index is 9.38. The van der Waals surface area contributed by atoms with Crippen LogP contribution >= 0.6 is 11.6 Å². The van der Waals surface area contributed by atoms with Gasteiger partial charge in [-0.1, -0.05) is 17.7 Å². The number of ether oxygens (including phenoxy) is 1. The molecule has 1 aromatic heterocycles. The number of hydrogen-bond donors (Lipinski definition) is 0. The van der Waals surface area contributed by atoms with E-state index in [-0.39, 0.29) is 6.10 Å². The van der Waals surface area contributed by atoms with Crippen molar-refractivity contribution in [2.24, 2.45) is 0 Å². The highest BCUT2D eigenvalue weighted by Crippen LogP contribution is 2.26. The molecule has 0 saturated carbocycles. The molecule has 1 aromatic carbocycles. The molecule has 2 aromatic rings. The van der Waals surface area contributed by atoms with Crippen LogP contribution in [0.3, 0.4) is 0 Å². The second-order valence-corrected chi connectivity index (χ2v) is 5.82. The monoisotopic (exact) mass is 315 g/mol. The lowest BCUT2D eigenvalue weighted by Gasteiger charge is -2.14. The molecule has 0 aliphatic heterocycles. The van der Waals surface area contributed by atoms with Gasteiger partial charge in [-0.25, -0.2) is 9.97 Å². The minimum Gasteiger partial charge on any atom is -0.475 e. The molecule has 0 aliphatic carbocycles. The Morgan fingerprint density at radius 2 is 1.95 bits per heavy atom. The van der Waals surface area contributed by atoms with Gasteiger partial charge in [-0.05, 0) is 44.9 Å². The molecule has 0 unspecified atom stereocenters. The zero-order valence-electron chi connectivity index (χ0n) is 13.1. The summed E-state index contributed by atoms with van der Waals surface area (Å²) >= 11 is 6.08. The number of nitriles is 1. The van der Waals surface area contributed by atoms with E-state index >= 15 is 0 Å². The van der Waals surface area contributed by atoms with E-state index in [9.17, 15) is 5.26 Å². The summed E-state index contributed by atoms with van der Waals surface area (Å²) in [6.07, 6.45) is 2.09. The van der Waals surface area contributed by atoms with Gasteiger partial charge in [-0.15, -0.1) is 0 Å². The predicted molar refractivity (Wildman–Crippen MR) is 86.2 cm³/mol. The van der Waals surface area contributed by atoms with Crippen molar-refractivity contribution in [3.05, 3.63) is 51.4 Å². The molecule has 1 heterocycles. The van der Waals surface area contributed by atoms with Gasteiger partial charge < -0.3 is 4.74 Å². The smallest absolute Gasteiger partial charge is 0.219 e. The number of halogens is 1. The van der Waals surface area contributed by atoms with Crippen LogP contribution in [0.2, 0.25) is 5.02 Å². The van der Waals surface area contributed by atoms with Crippen LogP contribution in [-0.4, -0.2) is 16.1 Å². The van der Waals surface area contributed by atoms with Crippen molar-refractivity contribution in [2.45, 2.75) is 40.2 Å². The molecule has 5 heteroatoms. The van der Waals surface area contributed by atoms with E-state index < -0.39 is 0 Å². The van der Waals surface area contributed by atoms with Crippen LogP contribution in [0.1, 0.15) is 41.8 Å². The molecule has 4 nitrogen and oxygen atoms in total. The van der Waals surface area contributed by atoms with Gasteiger partial charge in [-0.2, -0.15) is 5.26 Å². The van der Waals surface area contributed by atoms with Gasteiger partial charge in [0.25, 0.3) is 0 Å². The van der Waals surface area contributed by atoms with Gasteiger partial charge >= 0.3 is 0 Å². The van der Waals surface area contributed by atoms with Crippen LogP contribution < -0.4 is 4.74 Å². The van der Waals surface area contributed by atoms with Crippen LogP contribution in [0.5, 0.6) is 5.88 Å². The van der Waals surface area contributed by atoms with Crippen molar-refractivity contribution >= 4 is 11.6 Å². The van der Waals surface area contributed by atoms with Gasteiger partial charge in [0.05, 0.1) is 23.4 Å². The molecule has 0 atom stereocenters. The highest BCUT2D eigenvalue weighted by Gasteiger charge is 2.14. The Morgan fingerprint density at radius 3 is 2.59 bits per heavy atom. The number of rotatable bonds is 4. The molecule has 0 aliphatic rings. The fourth-order valence-electron chi connectivity index (χ4n) is 2.21. The second kappa shape index (κ2) is 6.76. The number of benzene rings is 1. The lowest BCUT2D eigenvalue weighted by Crippen LogP contribution is -2.10. The first kappa shape index (κ1) is 16.3. The molecule has 0 spiro atoms. The van der Waals surface area contributed by atoms with Crippen LogP contribution in [0, 0.1) is 25.2 Å². The molecule has 0 saturated heterocycles. The zero-order chi connectivity index (χ0) is 16.3. The quantitative estimate of drug-likeness (QED) is 0.855. The normalized spacial score (nSPS) is 10.6. The van der Waals surface area contributed by atoms with Gasteiger partial charge in [-0.3, -0.25) is 0 Å². The Bertz CT molecular complexity index is 735. The molecule has 0 radical (unpaired) electrons. The minimum absolute atomic E-state index is 0.0499. The van der Waals surface area contributed by atoms with Crippen molar-refractivity contribution in [2.75, 3.05) is 0 Å². The number of hydrogen-bond acceptors (Lipinski definition) is 4. The average Bonchev–Trinajstić information content (AvgIpc) is 2.47. The molecule has 2 rings (SSSR count). The van der Waals surface area contributed by atoms with E-state index in [1.807, 2.05) is 39.8 Å². The summed E-state index contributed by atoms with van der Waals surface area (Å²) < 4.78 is 5.69. The molecule has 0 amide bonds. The Labute approximate surface area is 135 Å². The SMILES string of the molecule is Cc1c(Cc2ccc(Cl)c(C)c2C#N)ncnc1OC(C)C. The van der Waals surface area contributed by atoms with Crippen LogP contribution in [0.4, 0.5) is 0 Å². The van der Waals surface area contributed by atoms with E-state index in [2.05, 4.69) is 16.0 Å². The van der Waals surface area contributed by atoms with Gasteiger partial charge in [0, 0.05) is 17.0 Å². The summed E-state index contributed by atoms with van der Waals surface area (Å²) in [4.78, 5) is 8.51. The summed E-state index contributed by atoms with van der Waals surface area (Å²) in [7, 11) is 0. The summed E-state index contributed by atoms with van der Waals surface area (Å²) in [5, 5.41) is 9.98. The molecule has 114 valence electrons. The molecule has 0 fully saturated rings. The van der Waals surface area contributed by atoms with E-state index in [4.69, 9.17) is 16.3 Å². The first-order chi connectivity index (χ1) is 10.4. The first-order valence-electron chi connectivity index (χ1n) is 7.09. The molecular formula is C17H18ClN3O. The Morgan fingerprint density at radius 1 is 1.23 bits per heavy atom. The second-order valence-electron chi connectivity index (χ2n) is 5.41. The maximum Gasteiger partial charge on any atom is 0.219 e. The molecule has 0 N–H and O–H groups in total. The van der Waals surface area contributed by atoms with Crippen LogP contribution in [0.15, 0.2) is 18.5 Å². The van der Waals surface area contributed by atoms with Crippen LogP contribution in [0.25, 0.3) is 0 Å².